The van der Waals surface area contributed by atoms with Gasteiger partial charge in [-0.25, -0.2) is 0 Å². The maximum Gasteiger partial charge on any atom is 0.0359 e. The Morgan fingerprint density at radius 2 is 2.11 bits per heavy atom. The zero-order valence-corrected chi connectivity index (χ0v) is 11.9. The Hall–Kier alpha value is -1.06. The molecule has 104 valence electrons. The summed E-state index contributed by atoms with van der Waals surface area (Å²) < 4.78 is 0. The largest absolute Gasteiger partial charge is 0.398 e. The summed E-state index contributed by atoms with van der Waals surface area (Å²) in [5.41, 5.74) is 9.64. The molecule has 3 heteroatoms. The van der Waals surface area contributed by atoms with Crippen LogP contribution in [0.5, 0.6) is 0 Å². The molecule has 0 aromatic heterocycles. The molecule has 0 aliphatic carbocycles. The highest BCUT2D eigenvalue weighted by molar-refractivity contribution is 5.48. The summed E-state index contributed by atoms with van der Waals surface area (Å²) in [6.07, 6.45) is 4.17. The minimum atomic E-state index is 0.786. The zero-order chi connectivity index (χ0) is 13.2. The Bertz CT molecular complexity index is 444. The van der Waals surface area contributed by atoms with Gasteiger partial charge >= 0.3 is 0 Å². The third kappa shape index (κ3) is 2.93. The molecule has 3 rings (SSSR count). The molecule has 0 bridgehead atoms. The molecule has 0 saturated carbocycles. The van der Waals surface area contributed by atoms with Crippen LogP contribution >= 0.6 is 0 Å². The van der Waals surface area contributed by atoms with E-state index >= 15 is 0 Å². The van der Waals surface area contributed by atoms with Crippen molar-refractivity contribution in [3.63, 3.8) is 0 Å². The number of piperidine rings is 1. The van der Waals surface area contributed by atoms with E-state index in [0.717, 1.165) is 18.3 Å². The second kappa shape index (κ2) is 5.51. The van der Waals surface area contributed by atoms with Crippen molar-refractivity contribution in [3.8, 4) is 0 Å². The molecule has 1 unspecified atom stereocenters. The van der Waals surface area contributed by atoms with Gasteiger partial charge in [0.15, 0.2) is 0 Å². The fourth-order valence-electron chi connectivity index (χ4n) is 3.48. The lowest BCUT2D eigenvalue weighted by molar-refractivity contribution is 0.0458. The number of nitrogens with zero attached hydrogens (tertiary/aromatic N) is 2. The molecule has 1 aromatic rings. The highest BCUT2D eigenvalue weighted by Crippen LogP contribution is 2.23. The molecule has 2 N–H and O–H groups in total. The first-order valence-electron chi connectivity index (χ1n) is 7.54. The Morgan fingerprint density at radius 3 is 3.00 bits per heavy atom. The van der Waals surface area contributed by atoms with Crippen molar-refractivity contribution in [2.75, 3.05) is 31.9 Å². The van der Waals surface area contributed by atoms with E-state index in [1.54, 1.807) is 0 Å². The summed E-state index contributed by atoms with van der Waals surface area (Å²) in [4.78, 5) is 5.26. The smallest absolute Gasteiger partial charge is 0.0359 e. The van der Waals surface area contributed by atoms with Crippen LogP contribution in [0.3, 0.4) is 0 Å². The van der Waals surface area contributed by atoms with Gasteiger partial charge in [0.1, 0.15) is 0 Å². The molecule has 1 atom stereocenters. The van der Waals surface area contributed by atoms with Crippen LogP contribution in [0.2, 0.25) is 0 Å². The Morgan fingerprint density at radius 1 is 1.21 bits per heavy atom. The number of piperazine rings is 1. The molecule has 2 aliphatic rings. The number of hydrogen-bond donors (Lipinski definition) is 1. The number of nitrogen functional groups attached to an aromatic ring is 1. The van der Waals surface area contributed by atoms with E-state index in [1.165, 1.54) is 56.6 Å². The van der Waals surface area contributed by atoms with Crippen LogP contribution in [0.25, 0.3) is 0 Å². The Balaban J connectivity index is 1.65. The number of hydrogen-bond acceptors (Lipinski definition) is 3. The summed E-state index contributed by atoms with van der Waals surface area (Å²) in [7, 11) is 0. The van der Waals surface area contributed by atoms with Gasteiger partial charge in [-0.05, 0) is 37.9 Å². The molecular weight excluding hydrogens is 234 g/mol. The summed E-state index contributed by atoms with van der Waals surface area (Å²) in [5, 5.41) is 0. The van der Waals surface area contributed by atoms with E-state index in [2.05, 4.69) is 28.9 Å². The maximum atomic E-state index is 6.10. The Labute approximate surface area is 116 Å². The first-order chi connectivity index (χ1) is 9.22. The van der Waals surface area contributed by atoms with E-state index in [1.807, 2.05) is 6.07 Å². The summed E-state index contributed by atoms with van der Waals surface area (Å²) in [6, 6.07) is 7.16. The third-order valence-corrected chi connectivity index (χ3v) is 4.61. The van der Waals surface area contributed by atoms with Crippen LogP contribution in [-0.2, 0) is 6.54 Å². The third-order valence-electron chi connectivity index (χ3n) is 4.61. The first kappa shape index (κ1) is 12.9. The molecule has 3 nitrogen and oxygen atoms in total. The normalized spacial score (nSPS) is 25.2. The van der Waals surface area contributed by atoms with Gasteiger partial charge in [-0.1, -0.05) is 24.1 Å². The van der Waals surface area contributed by atoms with Gasteiger partial charge in [0, 0.05) is 37.9 Å². The van der Waals surface area contributed by atoms with Gasteiger partial charge in [0.25, 0.3) is 0 Å². The Kier molecular flexibility index (Phi) is 3.76. The average Bonchev–Trinajstić information content (AvgIpc) is 2.43. The van der Waals surface area contributed by atoms with Crippen molar-refractivity contribution in [1.29, 1.82) is 0 Å². The van der Waals surface area contributed by atoms with E-state index in [4.69, 9.17) is 5.73 Å². The molecule has 2 heterocycles. The van der Waals surface area contributed by atoms with E-state index in [-0.39, 0.29) is 0 Å². The van der Waals surface area contributed by atoms with Crippen LogP contribution in [0.15, 0.2) is 18.2 Å². The van der Waals surface area contributed by atoms with Gasteiger partial charge in [0.05, 0.1) is 0 Å². The van der Waals surface area contributed by atoms with Crippen molar-refractivity contribution in [1.82, 2.24) is 9.80 Å². The van der Waals surface area contributed by atoms with Gasteiger partial charge in [-0.15, -0.1) is 0 Å². The SMILES string of the molecule is Cc1ccc(N)c(CN2CCN3CCCCC3C2)c1. The minimum absolute atomic E-state index is 0.786. The van der Waals surface area contributed by atoms with Gasteiger partial charge in [0.2, 0.25) is 0 Å². The van der Waals surface area contributed by atoms with Crippen molar-refractivity contribution in [2.24, 2.45) is 0 Å². The molecular formula is C16H25N3. The lowest BCUT2D eigenvalue weighted by atomic mass is 9.99. The first-order valence-corrected chi connectivity index (χ1v) is 7.54. The van der Waals surface area contributed by atoms with Crippen LogP contribution in [0, 0.1) is 6.92 Å². The van der Waals surface area contributed by atoms with Gasteiger partial charge < -0.3 is 5.73 Å². The van der Waals surface area contributed by atoms with Crippen LogP contribution < -0.4 is 5.73 Å². The summed E-state index contributed by atoms with van der Waals surface area (Å²) in [6.45, 7) is 8.10. The fourth-order valence-corrected chi connectivity index (χ4v) is 3.48. The molecule has 19 heavy (non-hydrogen) atoms. The van der Waals surface area contributed by atoms with E-state index in [9.17, 15) is 0 Å². The highest BCUT2D eigenvalue weighted by atomic mass is 15.3. The number of rotatable bonds is 2. The van der Waals surface area contributed by atoms with Crippen molar-refractivity contribution >= 4 is 5.69 Å². The molecule has 2 saturated heterocycles. The monoisotopic (exact) mass is 259 g/mol. The number of anilines is 1. The quantitative estimate of drug-likeness (QED) is 0.827. The molecule has 2 aliphatic heterocycles. The topological polar surface area (TPSA) is 32.5 Å². The van der Waals surface area contributed by atoms with Gasteiger partial charge in [-0.3, -0.25) is 9.80 Å². The fraction of sp³-hybridized carbons (Fsp3) is 0.625. The second-order valence-corrected chi connectivity index (χ2v) is 6.12. The zero-order valence-electron chi connectivity index (χ0n) is 11.9. The van der Waals surface area contributed by atoms with Crippen molar-refractivity contribution in [2.45, 2.75) is 38.8 Å². The molecule has 0 radical (unpaired) electrons. The van der Waals surface area contributed by atoms with Crippen LogP contribution in [0.4, 0.5) is 5.69 Å². The van der Waals surface area contributed by atoms with E-state index < -0.39 is 0 Å². The molecule has 0 amide bonds. The standard InChI is InChI=1S/C16H25N3/c1-13-5-6-16(17)14(10-13)11-18-8-9-19-7-3-2-4-15(19)12-18/h5-6,10,15H,2-4,7-9,11-12,17H2,1H3. The van der Waals surface area contributed by atoms with Crippen molar-refractivity contribution < 1.29 is 0 Å². The second-order valence-electron chi connectivity index (χ2n) is 6.12. The minimum Gasteiger partial charge on any atom is -0.398 e. The molecule has 2 fully saturated rings. The predicted molar refractivity (Wildman–Crippen MR) is 80.1 cm³/mol. The maximum absolute atomic E-state index is 6.10. The van der Waals surface area contributed by atoms with Crippen molar-refractivity contribution in [3.05, 3.63) is 29.3 Å². The number of aryl methyl sites for hydroxylation is 1. The molecule has 0 spiro atoms. The number of nitrogens with two attached hydrogens (primary N) is 1. The number of fused-ring (bicyclic) bond motifs is 1. The summed E-state index contributed by atoms with van der Waals surface area (Å²) in [5.74, 6) is 0. The predicted octanol–water partition coefficient (Wildman–Crippen LogP) is 2.25. The van der Waals surface area contributed by atoms with Crippen LogP contribution in [0.1, 0.15) is 30.4 Å². The molecule has 1 aromatic carbocycles. The highest BCUT2D eigenvalue weighted by Gasteiger charge is 2.28. The average molecular weight is 259 g/mol. The van der Waals surface area contributed by atoms with E-state index in [0.29, 0.717) is 0 Å². The van der Waals surface area contributed by atoms with Gasteiger partial charge in [-0.2, -0.15) is 0 Å². The summed E-state index contributed by atoms with van der Waals surface area (Å²) >= 11 is 0. The number of benzene rings is 1. The lowest BCUT2D eigenvalue weighted by Gasteiger charge is -2.44. The van der Waals surface area contributed by atoms with Crippen LogP contribution in [-0.4, -0.2) is 42.0 Å². The lowest BCUT2D eigenvalue weighted by Crippen LogP contribution is -2.54.